The maximum absolute atomic E-state index is 11.7. The molecule has 2 rings (SSSR count). The van der Waals surface area contributed by atoms with Gasteiger partial charge in [-0.2, -0.15) is 0 Å². The highest BCUT2D eigenvalue weighted by Gasteiger charge is 2.13. The van der Waals surface area contributed by atoms with Gasteiger partial charge >= 0.3 is 0 Å². The summed E-state index contributed by atoms with van der Waals surface area (Å²) in [7, 11) is -1.71. The fraction of sp³-hybridized carbons (Fsp3) is 0.429. The number of benzene rings is 1. The van der Waals surface area contributed by atoms with Gasteiger partial charge in [-0.3, -0.25) is 0 Å². The number of aromatic nitrogens is 2. The van der Waals surface area contributed by atoms with E-state index in [0.29, 0.717) is 12.3 Å². The van der Waals surface area contributed by atoms with Crippen molar-refractivity contribution in [1.82, 2.24) is 14.9 Å². The van der Waals surface area contributed by atoms with Crippen LogP contribution in [0.2, 0.25) is 0 Å². The second-order valence-corrected chi connectivity index (χ2v) is 6.65. The minimum Gasteiger partial charge on any atom is -0.497 e. The van der Waals surface area contributed by atoms with E-state index >= 15 is 0 Å². The van der Waals surface area contributed by atoms with Gasteiger partial charge in [-0.1, -0.05) is 13.3 Å². The van der Waals surface area contributed by atoms with E-state index in [4.69, 9.17) is 9.15 Å². The molecule has 8 heteroatoms. The van der Waals surface area contributed by atoms with Gasteiger partial charge in [-0.05, 0) is 30.7 Å². The molecule has 0 unspecified atom stereocenters. The van der Waals surface area contributed by atoms with Crippen LogP contribution in [0.4, 0.5) is 0 Å². The third-order valence-corrected chi connectivity index (χ3v) is 4.42. The van der Waals surface area contributed by atoms with Crippen molar-refractivity contribution in [2.45, 2.75) is 26.3 Å². The normalized spacial score (nSPS) is 11.5. The molecule has 0 fully saturated rings. The van der Waals surface area contributed by atoms with Crippen LogP contribution >= 0.6 is 0 Å². The van der Waals surface area contributed by atoms with Gasteiger partial charge in [0.2, 0.25) is 21.8 Å². The number of hydrogen-bond donors (Lipinski definition) is 1. The van der Waals surface area contributed by atoms with Gasteiger partial charge in [0, 0.05) is 5.56 Å². The predicted molar refractivity (Wildman–Crippen MR) is 81.8 cm³/mol. The maximum Gasteiger partial charge on any atom is 0.247 e. The minimum absolute atomic E-state index is 0.00476. The van der Waals surface area contributed by atoms with Crippen molar-refractivity contribution in [3.8, 4) is 17.2 Å². The molecule has 0 radical (unpaired) electrons. The van der Waals surface area contributed by atoms with Crippen LogP contribution in [0.5, 0.6) is 5.75 Å². The maximum atomic E-state index is 11.7. The molecule has 1 heterocycles. The molecule has 0 atom stereocenters. The summed E-state index contributed by atoms with van der Waals surface area (Å²) in [6.45, 7) is 1.93. The predicted octanol–water partition coefficient (Wildman–Crippen LogP) is 1.96. The zero-order chi connectivity index (χ0) is 16.0. The number of rotatable bonds is 8. The zero-order valence-electron chi connectivity index (χ0n) is 12.6. The largest absolute Gasteiger partial charge is 0.497 e. The van der Waals surface area contributed by atoms with Gasteiger partial charge < -0.3 is 9.15 Å². The molecule has 0 saturated heterocycles. The van der Waals surface area contributed by atoms with Crippen LogP contribution in [0, 0.1) is 0 Å². The highest BCUT2D eigenvalue weighted by molar-refractivity contribution is 7.89. The van der Waals surface area contributed by atoms with Crippen LogP contribution in [0.15, 0.2) is 28.7 Å². The Morgan fingerprint density at radius 1 is 1.23 bits per heavy atom. The van der Waals surface area contributed by atoms with Crippen LogP contribution in [0.3, 0.4) is 0 Å². The molecule has 22 heavy (non-hydrogen) atoms. The van der Waals surface area contributed by atoms with E-state index in [1.165, 1.54) is 0 Å². The highest BCUT2D eigenvalue weighted by atomic mass is 32.2. The van der Waals surface area contributed by atoms with Crippen LogP contribution in [-0.4, -0.2) is 31.5 Å². The Balaban J connectivity index is 1.99. The summed E-state index contributed by atoms with van der Waals surface area (Å²) in [5.41, 5.74) is 0.744. The SMILES string of the molecule is CCCCS(=O)(=O)NCc1nnc(-c2ccc(OC)cc2)o1. The minimum atomic E-state index is -3.30. The fourth-order valence-electron chi connectivity index (χ4n) is 1.75. The number of sulfonamides is 1. The van der Waals surface area contributed by atoms with Gasteiger partial charge in [0.1, 0.15) is 5.75 Å². The summed E-state index contributed by atoms with van der Waals surface area (Å²) in [6, 6.07) is 7.16. The van der Waals surface area contributed by atoms with Crippen LogP contribution in [0.1, 0.15) is 25.7 Å². The Morgan fingerprint density at radius 3 is 2.59 bits per heavy atom. The first kappa shape index (κ1) is 16.4. The highest BCUT2D eigenvalue weighted by Crippen LogP contribution is 2.21. The van der Waals surface area contributed by atoms with Crippen LogP contribution in [-0.2, 0) is 16.6 Å². The van der Waals surface area contributed by atoms with E-state index in [0.717, 1.165) is 17.7 Å². The monoisotopic (exact) mass is 325 g/mol. The Labute approximate surface area is 129 Å². The third kappa shape index (κ3) is 4.54. The molecule has 0 aliphatic heterocycles. The van der Waals surface area contributed by atoms with E-state index in [2.05, 4.69) is 14.9 Å². The summed E-state index contributed by atoms with van der Waals surface area (Å²) < 4.78 is 36.4. The van der Waals surface area contributed by atoms with Gasteiger partial charge in [-0.25, -0.2) is 13.1 Å². The lowest BCUT2D eigenvalue weighted by Gasteiger charge is -2.03. The second-order valence-electron chi connectivity index (χ2n) is 4.72. The molecule has 120 valence electrons. The lowest BCUT2D eigenvalue weighted by atomic mass is 10.2. The molecule has 1 aromatic heterocycles. The lowest BCUT2D eigenvalue weighted by Crippen LogP contribution is -2.26. The first-order valence-corrected chi connectivity index (χ1v) is 8.63. The van der Waals surface area contributed by atoms with Crippen molar-refractivity contribution < 1.29 is 17.6 Å². The van der Waals surface area contributed by atoms with Crippen molar-refractivity contribution in [3.63, 3.8) is 0 Å². The fourth-order valence-corrected chi connectivity index (χ4v) is 2.91. The number of hydrogen-bond acceptors (Lipinski definition) is 6. The van der Waals surface area contributed by atoms with Crippen molar-refractivity contribution >= 4 is 10.0 Å². The van der Waals surface area contributed by atoms with Gasteiger partial charge in [0.25, 0.3) is 0 Å². The number of nitrogens with one attached hydrogen (secondary N) is 1. The van der Waals surface area contributed by atoms with E-state index in [1.807, 2.05) is 6.92 Å². The van der Waals surface area contributed by atoms with Crippen molar-refractivity contribution in [3.05, 3.63) is 30.2 Å². The van der Waals surface area contributed by atoms with E-state index in [1.54, 1.807) is 31.4 Å². The number of nitrogens with zero attached hydrogens (tertiary/aromatic N) is 2. The summed E-state index contributed by atoms with van der Waals surface area (Å²) in [6.07, 6.45) is 1.44. The van der Waals surface area contributed by atoms with Gasteiger partial charge in [0.15, 0.2) is 0 Å². The summed E-state index contributed by atoms with van der Waals surface area (Å²) in [5.74, 6) is 1.40. The quantitative estimate of drug-likeness (QED) is 0.797. The molecule has 0 amide bonds. The van der Waals surface area contributed by atoms with Gasteiger partial charge in [-0.15, -0.1) is 10.2 Å². The van der Waals surface area contributed by atoms with Crippen molar-refractivity contribution in [2.24, 2.45) is 0 Å². The topological polar surface area (TPSA) is 94.3 Å². The van der Waals surface area contributed by atoms with Crippen LogP contribution < -0.4 is 9.46 Å². The van der Waals surface area contributed by atoms with Crippen LogP contribution in [0.25, 0.3) is 11.5 Å². The first-order valence-electron chi connectivity index (χ1n) is 6.98. The first-order chi connectivity index (χ1) is 10.5. The molecule has 7 nitrogen and oxygen atoms in total. The third-order valence-electron chi connectivity index (χ3n) is 3.01. The Hall–Kier alpha value is -1.93. The molecular weight excluding hydrogens is 306 g/mol. The molecule has 0 saturated carbocycles. The second kappa shape index (κ2) is 7.37. The van der Waals surface area contributed by atoms with Crippen molar-refractivity contribution in [1.29, 1.82) is 0 Å². The molecular formula is C14H19N3O4S. The molecule has 0 aliphatic carbocycles. The standard InChI is InChI=1S/C14H19N3O4S/c1-3-4-9-22(18,19)15-10-13-16-17-14(21-13)11-5-7-12(20-2)8-6-11/h5-8,15H,3-4,9-10H2,1-2H3. The number of ether oxygens (including phenoxy) is 1. The number of unbranched alkanes of at least 4 members (excludes halogenated alkanes) is 1. The molecule has 1 N–H and O–H groups in total. The summed E-state index contributed by atoms with van der Waals surface area (Å²) in [5, 5.41) is 7.76. The smallest absolute Gasteiger partial charge is 0.247 e. The van der Waals surface area contributed by atoms with Crippen molar-refractivity contribution in [2.75, 3.05) is 12.9 Å². The summed E-state index contributed by atoms with van der Waals surface area (Å²) in [4.78, 5) is 0. The zero-order valence-corrected chi connectivity index (χ0v) is 13.4. The average molecular weight is 325 g/mol. The average Bonchev–Trinajstić information content (AvgIpc) is 3.00. The van der Waals surface area contributed by atoms with E-state index in [-0.39, 0.29) is 18.2 Å². The van der Waals surface area contributed by atoms with E-state index in [9.17, 15) is 8.42 Å². The molecule has 2 aromatic rings. The Bertz CT molecular complexity index is 695. The molecule has 0 bridgehead atoms. The summed E-state index contributed by atoms with van der Waals surface area (Å²) >= 11 is 0. The lowest BCUT2D eigenvalue weighted by molar-refractivity contribution is 0.415. The Kier molecular flexibility index (Phi) is 5.51. The molecule has 0 spiro atoms. The Morgan fingerprint density at radius 2 is 1.95 bits per heavy atom. The van der Waals surface area contributed by atoms with E-state index < -0.39 is 10.0 Å². The number of methoxy groups -OCH3 is 1. The molecule has 1 aromatic carbocycles. The molecule has 0 aliphatic rings. The van der Waals surface area contributed by atoms with Gasteiger partial charge in [0.05, 0.1) is 19.4 Å².